The summed E-state index contributed by atoms with van der Waals surface area (Å²) in [6.07, 6.45) is 4.00. The molecule has 0 unspecified atom stereocenters. The molecule has 1 aromatic carbocycles. The second-order valence-corrected chi connectivity index (χ2v) is 7.25. The van der Waals surface area contributed by atoms with Gasteiger partial charge in [-0.15, -0.1) is 0 Å². The SMILES string of the molecule is N#Cc1ccc(-c2ccc(-c3cccc4nc(CC(=O)C5CC5)nn34)cc2)cn1. The highest BCUT2D eigenvalue weighted by Crippen LogP contribution is 2.31. The lowest BCUT2D eigenvalue weighted by Crippen LogP contribution is -2.06. The number of hydrogen-bond acceptors (Lipinski definition) is 5. The van der Waals surface area contributed by atoms with Crippen LogP contribution in [0.15, 0.2) is 60.8 Å². The fourth-order valence-corrected chi connectivity index (χ4v) is 3.41. The number of carbonyl (C=O) groups is 1. The highest BCUT2D eigenvalue weighted by Gasteiger charge is 2.30. The second kappa shape index (κ2) is 6.95. The zero-order valence-corrected chi connectivity index (χ0v) is 15.6. The van der Waals surface area contributed by atoms with Crippen molar-refractivity contribution < 1.29 is 4.79 Å². The van der Waals surface area contributed by atoms with Crippen LogP contribution in [0.1, 0.15) is 24.4 Å². The van der Waals surface area contributed by atoms with E-state index in [1.807, 2.05) is 54.6 Å². The van der Waals surface area contributed by atoms with Crippen LogP contribution in [0.3, 0.4) is 0 Å². The number of pyridine rings is 2. The first-order chi connectivity index (χ1) is 14.2. The summed E-state index contributed by atoms with van der Waals surface area (Å²) in [6.45, 7) is 0. The Morgan fingerprint density at radius 1 is 1.03 bits per heavy atom. The van der Waals surface area contributed by atoms with Crippen LogP contribution in [-0.4, -0.2) is 25.4 Å². The first-order valence-corrected chi connectivity index (χ1v) is 9.55. The van der Waals surface area contributed by atoms with Gasteiger partial charge in [-0.2, -0.15) is 10.4 Å². The van der Waals surface area contributed by atoms with Gasteiger partial charge in [-0.3, -0.25) is 4.79 Å². The lowest BCUT2D eigenvalue weighted by molar-refractivity contribution is -0.119. The normalized spacial score (nSPS) is 13.3. The number of aromatic nitrogens is 4. The van der Waals surface area contributed by atoms with Gasteiger partial charge in [0.1, 0.15) is 17.5 Å². The predicted octanol–water partition coefficient (Wildman–Crippen LogP) is 3.85. The summed E-state index contributed by atoms with van der Waals surface area (Å²) in [7, 11) is 0. The first kappa shape index (κ1) is 17.3. The minimum Gasteiger partial charge on any atom is -0.299 e. The highest BCUT2D eigenvalue weighted by molar-refractivity contribution is 5.84. The number of nitrogens with zero attached hydrogens (tertiary/aromatic N) is 5. The van der Waals surface area contributed by atoms with Crippen molar-refractivity contribution in [2.45, 2.75) is 19.3 Å². The standard InChI is InChI=1S/C23H17N5O/c24-13-19-11-10-18(14-25-19)15-4-6-16(7-5-15)20-2-1-3-23-26-22(27-28(20)23)12-21(29)17-8-9-17/h1-7,10-11,14,17H,8-9,12H2. The van der Waals surface area contributed by atoms with E-state index < -0.39 is 0 Å². The molecule has 6 heteroatoms. The molecule has 5 rings (SSSR count). The van der Waals surface area contributed by atoms with Gasteiger partial charge in [0.2, 0.25) is 0 Å². The van der Waals surface area contributed by atoms with Gasteiger partial charge >= 0.3 is 0 Å². The van der Waals surface area contributed by atoms with Gasteiger partial charge in [0, 0.05) is 23.2 Å². The number of rotatable bonds is 5. The molecule has 0 atom stereocenters. The fraction of sp³-hybridized carbons (Fsp3) is 0.174. The van der Waals surface area contributed by atoms with Crippen molar-refractivity contribution >= 4 is 11.4 Å². The maximum Gasteiger partial charge on any atom is 0.159 e. The van der Waals surface area contributed by atoms with Crippen molar-refractivity contribution in [3.8, 4) is 28.5 Å². The number of hydrogen-bond donors (Lipinski definition) is 0. The van der Waals surface area contributed by atoms with Crippen molar-refractivity contribution in [2.24, 2.45) is 5.92 Å². The van der Waals surface area contributed by atoms with Gasteiger partial charge in [-0.1, -0.05) is 30.3 Å². The Balaban J connectivity index is 1.45. The molecule has 4 aromatic rings. The van der Waals surface area contributed by atoms with Crippen LogP contribution in [0.5, 0.6) is 0 Å². The monoisotopic (exact) mass is 379 g/mol. The molecule has 0 bridgehead atoms. The summed E-state index contributed by atoms with van der Waals surface area (Å²) in [5.41, 5.74) is 5.04. The van der Waals surface area contributed by atoms with Gasteiger partial charge in [0.15, 0.2) is 11.5 Å². The van der Waals surface area contributed by atoms with E-state index in [1.165, 1.54) is 0 Å². The minimum atomic E-state index is 0.213. The van der Waals surface area contributed by atoms with Crippen molar-refractivity contribution in [1.82, 2.24) is 19.6 Å². The molecule has 29 heavy (non-hydrogen) atoms. The number of ketones is 1. The zero-order valence-electron chi connectivity index (χ0n) is 15.6. The fourth-order valence-electron chi connectivity index (χ4n) is 3.41. The summed E-state index contributed by atoms with van der Waals surface area (Å²) in [5.74, 6) is 1.03. The molecule has 1 aliphatic rings. The quantitative estimate of drug-likeness (QED) is 0.526. The van der Waals surface area contributed by atoms with E-state index >= 15 is 0 Å². The summed E-state index contributed by atoms with van der Waals surface area (Å²) in [4.78, 5) is 20.8. The average molecular weight is 379 g/mol. The van der Waals surface area contributed by atoms with Gasteiger partial charge in [0.05, 0.1) is 12.1 Å². The molecule has 1 saturated carbocycles. The van der Waals surface area contributed by atoms with E-state index in [-0.39, 0.29) is 11.7 Å². The van der Waals surface area contributed by atoms with Crippen molar-refractivity contribution in [3.63, 3.8) is 0 Å². The van der Waals surface area contributed by atoms with Crippen LogP contribution < -0.4 is 0 Å². The van der Waals surface area contributed by atoms with Gasteiger partial charge < -0.3 is 0 Å². The van der Waals surface area contributed by atoms with Crippen LogP contribution in [-0.2, 0) is 11.2 Å². The number of carbonyl (C=O) groups excluding carboxylic acids is 1. The molecule has 1 fully saturated rings. The molecular weight excluding hydrogens is 362 g/mol. The maximum atomic E-state index is 12.1. The Morgan fingerprint density at radius 3 is 2.48 bits per heavy atom. The Kier molecular flexibility index (Phi) is 4.14. The Hall–Kier alpha value is -3.85. The second-order valence-electron chi connectivity index (χ2n) is 7.25. The topological polar surface area (TPSA) is 83.9 Å². The van der Waals surface area contributed by atoms with Crippen LogP contribution in [0.25, 0.3) is 28.0 Å². The third-order valence-electron chi connectivity index (χ3n) is 5.16. The number of nitriles is 1. The summed E-state index contributed by atoms with van der Waals surface area (Å²) < 4.78 is 1.80. The molecule has 0 N–H and O–H groups in total. The maximum absolute atomic E-state index is 12.1. The molecule has 3 heterocycles. The van der Waals surface area contributed by atoms with Crippen molar-refractivity contribution in [3.05, 3.63) is 72.3 Å². The zero-order chi connectivity index (χ0) is 19.8. The molecule has 0 radical (unpaired) electrons. The summed E-state index contributed by atoms with van der Waals surface area (Å²) in [6, 6.07) is 19.6. The molecule has 1 aliphatic carbocycles. The highest BCUT2D eigenvalue weighted by atomic mass is 16.1. The minimum absolute atomic E-state index is 0.213. The first-order valence-electron chi connectivity index (χ1n) is 9.55. The molecule has 140 valence electrons. The van der Waals surface area contributed by atoms with E-state index in [0.717, 1.165) is 40.9 Å². The Labute approximate surface area is 167 Å². The van der Waals surface area contributed by atoms with Crippen molar-refractivity contribution in [1.29, 1.82) is 5.26 Å². The van der Waals surface area contributed by atoms with Crippen molar-refractivity contribution in [2.75, 3.05) is 0 Å². The number of benzene rings is 1. The van der Waals surface area contributed by atoms with E-state index in [9.17, 15) is 4.79 Å². The molecule has 6 nitrogen and oxygen atoms in total. The largest absolute Gasteiger partial charge is 0.299 e. The van der Waals surface area contributed by atoms with Crippen LogP contribution in [0.4, 0.5) is 0 Å². The number of Topliss-reactive ketones (excluding diaryl/α,β-unsaturated/α-hetero) is 1. The van der Waals surface area contributed by atoms with Crippen LogP contribution in [0, 0.1) is 17.2 Å². The molecule has 3 aromatic heterocycles. The predicted molar refractivity (Wildman–Crippen MR) is 108 cm³/mol. The lowest BCUT2D eigenvalue weighted by Gasteiger charge is -2.06. The van der Waals surface area contributed by atoms with Gasteiger partial charge in [0.25, 0.3) is 0 Å². The third-order valence-corrected chi connectivity index (χ3v) is 5.16. The van der Waals surface area contributed by atoms with Gasteiger partial charge in [-0.25, -0.2) is 14.5 Å². The van der Waals surface area contributed by atoms with Gasteiger partial charge in [-0.05, 0) is 42.7 Å². The van der Waals surface area contributed by atoms with Crippen LogP contribution >= 0.6 is 0 Å². The average Bonchev–Trinajstić information content (AvgIpc) is 3.54. The van der Waals surface area contributed by atoms with E-state index in [4.69, 9.17) is 5.26 Å². The van der Waals surface area contributed by atoms with E-state index in [1.54, 1.807) is 16.8 Å². The van der Waals surface area contributed by atoms with Crippen LogP contribution in [0.2, 0.25) is 0 Å². The van der Waals surface area contributed by atoms with E-state index in [2.05, 4.69) is 15.1 Å². The number of fused-ring (bicyclic) bond motifs is 1. The Bertz CT molecular complexity index is 1250. The molecule has 0 saturated heterocycles. The third kappa shape index (κ3) is 3.39. The molecule has 0 aliphatic heterocycles. The van der Waals surface area contributed by atoms with E-state index in [0.29, 0.717) is 17.9 Å². The molecular formula is C23H17N5O. The summed E-state index contributed by atoms with van der Waals surface area (Å²) in [5, 5.41) is 13.5. The Morgan fingerprint density at radius 2 is 1.79 bits per heavy atom. The summed E-state index contributed by atoms with van der Waals surface area (Å²) >= 11 is 0. The molecule has 0 amide bonds. The smallest absolute Gasteiger partial charge is 0.159 e. The lowest BCUT2D eigenvalue weighted by atomic mass is 10.0. The molecule has 0 spiro atoms.